The summed E-state index contributed by atoms with van der Waals surface area (Å²) in [6, 6.07) is 29.2. The Balaban J connectivity index is 1.25. The summed E-state index contributed by atoms with van der Waals surface area (Å²) < 4.78 is 0. The van der Waals surface area contributed by atoms with E-state index in [9.17, 15) is 0 Å². The minimum absolute atomic E-state index is 0.351. The molecule has 0 heterocycles. The summed E-state index contributed by atoms with van der Waals surface area (Å²) in [5.74, 6) is 1.77. The van der Waals surface area contributed by atoms with Crippen molar-refractivity contribution >= 4 is 17.6 Å². The monoisotopic (exact) mass is 434 g/mol. The van der Waals surface area contributed by atoms with Crippen molar-refractivity contribution in [2.75, 3.05) is 19.0 Å². The molecule has 7 rings (SSSR count). The Labute approximate surface area is 198 Å². The molecule has 4 aliphatic carbocycles. The molecular weight excluding hydrogens is 400 g/mol. The van der Waals surface area contributed by atoms with Gasteiger partial charge in [-0.3, -0.25) is 4.99 Å². The zero-order valence-electron chi connectivity index (χ0n) is 19.9. The van der Waals surface area contributed by atoms with Gasteiger partial charge in [0.2, 0.25) is 0 Å². The Morgan fingerprint density at radius 1 is 0.727 bits per heavy atom. The molecule has 2 heteroatoms. The maximum Gasteiger partial charge on any atom is 0.0630 e. The fourth-order valence-corrected chi connectivity index (χ4v) is 7.64. The van der Waals surface area contributed by atoms with E-state index in [0.29, 0.717) is 10.8 Å². The average Bonchev–Trinajstić information content (AvgIpc) is 2.83. The molecule has 0 N–H and O–H groups in total. The lowest BCUT2D eigenvalue weighted by atomic mass is 9.42. The highest BCUT2D eigenvalue weighted by atomic mass is 15.1. The molecule has 4 fully saturated rings. The van der Waals surface area contributed by atoms with Crippen LogP contribution in [-0.2, 0) is 10.8 Å². The second kappa shape index (κ2) is 7.87. The van der Waals surface area contributed by atoms with Crippen LogP contribution in [0.3, 0.4) is 0 Å². The predicted molar refractivity (Wildman–Crippen MR) is 139 cm³/mol. The summed E-state index contributed by atoms with van der Waals surface area (Å²) >= 11 is 0. The summed E-state index contributed by atoms with van der Waals surface area (Å²) in [6.07, 6.45) is 10.3. The van der Waals surface area contributed by atoms with Crippen LogP contribution in [0, 0.1) is 11.8 Å². The predicted octanol–water partition coefficient (Wildman–Crippen LogP) is 7.29. The first-order valence-corrected chi connectivity index (χ1v) is 12.5. The quantitative estimate of drug-likeness (QED) is 0.385. The fourth-order valence-electron chi connectivity index (χ4n) is 7.64. The number of hydrogen-bond donors (Lipinski definition) is 0. The van der Waals surface area contributed by atoms with E-state index in [-0.39, 0.29) is 0 Å². The number of nitrogens with zero attached hydrogens (tertiary/aromatic N) is 2. The summed E-state index contributed by atoms with van der Waals surface area (Å²) in [5.41, 5.74) is 7.26. The van der Waals surface area contributed by atoms with E-state index in [2.05, 4.69) is 97.9 Å². The SMILES string of the molecule is CN(C)c1ccc(C=Nc2ccc(C34CC5CC(CC(c6ccccc6)(C5)C3)C4)cc2)cc1. The van der Waals surface area contributed by atoms with Gasteiger partial charge < -0.3 is 4.90 Å². The van der Waals surface area contributed by atoms with Gasteiger partial charge in [-0.25, -0.2) is 0 Å². The van der Waals surface area contributed by atoms with Crippen LogP contribution < -0.4 is 4.90 Å². The summed E-state index contributed by atoms with van der Waals surface area (Å²) in [6.45, 7) is 0. The second-order valence-corrected chi connectivity index (χ2v) is 11.2. The molecule has 4 aliphatic rings. The van der Waals surface area contributed by atoms with Crippen molar-refractivity contribution in [3.63, 3.8) is 0 Å². The van der Waals surface area contributed by atoms with Crippen molar-refractivity contribution in [1.82, 2.24) is 0 Å². The van der Waals surface area contributed by atoms with Crippen molar-refractivity contribution in [1.29, 1.82) is 0 Å². The van der Waals surface area contributed by atoms with Crippen LogP contribution in [0.2, 0.25) is 0 Å². The molecule has 2 unspecified atom stereocenters. The van der Waals surface area contributed by atoms with Gasteiger partial charge in [0.15, 0.2) is 0 Å². The largest absolute Gasteiger partial charge is 0.378 e. The molecule has 0 radical (unpaired) electrons. The van der Waals surface area contributed by atoms with Gasteiger partial charge in [0.1, 0.15) is 0 Å². The van der Waals surface area contributed by atoms with Crippen LogP contribution >= 0.6 is 0 Å². The normalized spacial score (nSPS) is 30.1. The Morgan fingerprint density at radius 3 is 1.88 bits per heavy atom. The molecule has 0 amide bonds. The number of rotatable bonds is 5. The van der Waals surface area contributed by atoms with E-state index in [0.717, 1.165) is 23.1 Å². The number of benzene rings is 3. The van der Waals surface area contributed by atoms with Gasteiger partial charge in [-0.1, -0.05) is 54.6 Å². The van der Waals surface area contributed by atoms with Crippen molar-refractivity contribution in [3.05, 3.63) is 95.6 Å². The maximum atomic E-state index is 4.76. The lowest BCUT2D eigenvalue weighted by Crippen LogP contribution is -2.55. The minimum Gasteiger partial charge on any atom is -0.378 e. The van der Waals surface area contributed by atoms with Crippen LogP contribution in [-0.4, -0.2) is 20.3 Å². The van der Waals surface area contributed by atoms with Gasteiger partial charge in [-0.2, -0.15) is 0 Å². The molecule has 2 nitrogen and oxygen atoms in total. The van der Waals surface area contributed by atoms with E-state index >= 15 is 0 Å². The van der Waals surface area contributed by atoms with Gasteiger partial charge in [0.25, 0.3) is 0 Å². The molecule has 3 aromatic rings. The van der Waals surface area contributed by atoms with Crippen LogP contribution in [0.4, 0.5) is 11.4 Å². The van der Waals surface area contributed by atoms with Gasteiger partial charge in [0.05, 0.1) is 5.69 Å². The fraction of sp³-hybridized carbons (Fsp3) is 0.387. The summed E-state index contributed by atoms with van der Waals surface area (Å²) in [7, 11) is 4.13. The molecule has 0 aromatic heterocycles. The van der Waals surface area contributed by atoms with E-state index in [4.69, 9.17) is 4.99 Å². The molecule has 0 saturated heterocycles. The molecular formula is C31H34N2. The van der Waals surface area contributed by atoms with Crippen molar-refractivity contribution in [3.8, 4) is 0 Å². The van der Waals surface area contributed by atoms with Crippen molar-refractivity contribution in [2.45, 2.75) is 49.4 Å². The standard InChI is InChI=1S/C31H34N2/c1-33(2)29-14-8-23(9-15-29)21-32-28-12-10-27(11-13-28)31-19-24-16-25(20-31)18-30(17-24,22-31)26-6-4-3-5-7-26/h3-15,21,24-25H,16-20,22H2,1-2H3. The van der Waals surface area contributed by atoms with Crippen LogP contribution in [0.1, 0.15) is 55.2 Å². The minimum atomic E-state index is 0.351. The van der Waals surface area contributed by atoms with Gasteiger partial charge in [-0.05, 0) is 102 Å². The third-order valence-corrected chi connectivity index (χ3v) is 8.70. The highest BCUT2D eigenvalue weighted by molar-refractivity contribution is 5.82. The first kappa shape index (κ1) is 20.7. The van der Waals surface area contributed by atoms with Crippen molar-refractivity contribution < 1.29 is 0 Å². The number of aliphatic imine (C=N–C) groups is 1. The van der Waals surface area contributed by atoms with Gasteiger partial charge in [0, 0.05) is 26.0 Å². The molecule has 4 bridgehead atoms. The lowest BCUT2D eigenvalue weighted by molar-refractivity contribution is -0.0281. The molecule has 168 valence electrons. The number of hydrogen-bond acceptors (Lipinski definition) is 2. The maximum absolute atomic E-state index is 4.76. The first-order chi connectivity index (χ1) is 16.0. The smallest absolute Gasteiger partial charge is 0.0630 e. The van der Waals surface area contributed by atoms with Crippen LogP contribution in [0.5, 0.6) is 0 Å². The zero-order valence-corrected chi connectivity index (χ0v) is 19.9. The van der Waals surface area contributed by atoms with Crippen LogP contribution in [0.15, 0.2) is 83.9 Å². The molecule has 4 saturated carbocycles. The zero-order chi connectivity index (χ0) is 22.5. The Morgan fingerprint density at radius 2 is 1.30 bits per heavy atom. The molecule has 2 atom stereocenters. The number of anilines is 1. The topological polar surface area (TPSA) is 15.6 Å². The summed E-state index contributed by atoms with van der Waals surface area (Å²) in [4.78, 5) is 6.88. The van der Waals surface area contributed by atoms with E-state index in [1.165, 1.54) is 44.2 Å². The molecule has 3 aromatic carbocycles. The Kier molecular flexibility index (Phi) is 4.94. The molecule has 0 spiro atoms. The average molecular weight is 435 g/mol. The first-order valence-electron chi connectivity index (χ1n) is 12.5. The lowest BCUT2D eigenvalue weighted by Gasteiger charge is -2.62. The summed E-state index contributed by atoms with van der Waals surface area (Å²) in [5, 5.41) is 0. The second-order valence-electron chi connectivity index (χ2n) is 11.2. The Hall–Kier alpha value is -2.87. The third kappa shape index (κ3) is 3.70. The Bertz CT molecular complexity index is 1130. The van der Waals surface area contributed by atoms with Crippen molar-refractivity contribution in [2.24, 2.45) is 16.8 Å². The van der Waals surface area contributed by atoms with Gasteiger partial charge in [-0.15, -0.1) is 0 Å². The third-order valence-electron chi connectivity index (χ3n) is 8.70. The highest BCUT2D eigenvalue weighted by Crippen LogP contribution is 2.66. The van der Waals surface area contributed by atoms with Crippen LogP contribution in [0.25, 0.3) is 0 Å². The van der Waals surface area contributed by atoms with Gasteiger partial charge >= 0.3 is 0 Å². The van der Waals surface area contributed by atoms with E-state index in [1.807, 2.05) is 6.21 Å². The molecule has 0 aliphatic heterocycles. The van der Waals surface area contributed by atoms with E-state index < -0.39 is 0 Å². The highest BCUT2D eigenvalue weighted by Gasteiger charge is 2.58. The molecule has 33 heavy (non-hydrogen) atoms. The van der Waals surface area contributed by atoms with E-state index in [1.54, 1.807) is 11.1 Å².